The van der Waals surface area contributed by atoms with Crippen LogP contribution >= 0.6 is 0 Å². The van der Waals surface area contributed by atoms with E-state index in [1.807, 2.05) is 18.2 Å². The zero-order valence-electron chi connectivity index (χ0n) is 10.8. The molecule has 2 heterocycles. The number of hydrogen-bond acceptors (Lipinski definition) is 4. The fourth-order valence-corrected chi connectivity index (χ4v) is 1.84. The molecule has 7 nitrogen and oxygen atoms in total. The predicted molar refractivity (Wildman–Crippen MR) is 76.8 cm³/mol. The van der Waals surface area contributed by atoms with E-state index >= 15 is 0 Å². The molecule has 3 rings (SSSR count). The molecule has 0 spiro atoms. The molecule has 0 bridgehead atoms. The van der Waals surface area contributed by atoms with Gasteiger partial charge in [0.1, 0.15) is 5.69 Å². The van der Waals surface area contributed by atoms with Crippen LogP contribution in [-0.4, -0.2) is 26.1 Å². The van der Waals surface area contributed by atoms with E-state index in [0.717, 1.165) is 17.3 Å². The maximum Gasteiger partial charge on any atom is 0.274 e. The van der Waals surface area contributed by atoms with Gasteiger partial charge in [-0.3, -0.25) is 14.7 Å². The van der Waals surface area contributed by atoms with Gasteiger partial charge in [-0.05, 0) is 23.8 Å². The molecule has 0 aliphatic carbocycles. The third-order valence-corrected chi connectivity index (χ3v) is 2.87. The van der Waals surface area contributed by atoms with Gasteiger partial charge in [-0.15, -0.1) is 0 Å². The number of hydrogen-bond donors (Lipinski definition) is 3. The minimum Gasteiger partial charge on any atom is -0.321 e. The molecule has 0 saturated carbocycles. The molecule has 0 saturated heterocycles. The van der Waals surface area contributed by atoms with Crippen LogP contribution in [0.5, 0.6) is 0 Å². The van der Waals surface area contributed by atoms with Crippen molar-refractivity contribution in [3.63, 3.8) is 0 Å². The van der Waals surface area contributed by atoms with Crippen molar-refractivity contribution < 1.29 is 4.79 Å². The molecule has 1 amide bonds. The smallest absolute Gasteiger partial charge is 0.274 e. The number of anilines is 1. The molecule has 3 N–H and O–H groups in total. The Morgan fingerprint density at radius 1 is 1.14 bits per heavy atom. The molecular formula is C14H11N5O2. The first-order valence-corrected chi connectivity index (χ1v) is 6.18. The fourth-order valence-electron chi connectivity index (χ4n) is 1.84. The van der Waals surface area contributed by atoms with Gasteiger partial charge in [0.25, 0.3) is 11.5 Å². The Bertz CT molecular complexity index is 806. The highest BCUT2D eigenvalue weighted by atomic mass is 16.2. The molecule has 2 aromatic heterocycles. The highest BCUT2D eigenvalue weighted by molar-refractivity contribution is 6.02. The van der Waals surface area contributed by atoms with Crippen LogP contribution in [0.4, 0.5) is 5.69 Å². The van der Waals surface area contributed by atoms with Crippen molar-refractivity contribution in [3.8, 4) is 11.3 Å². The van der Waals surface area contributed by atoms with Gasteiger partial charge < -0.3 is 10.3 Å². The van der Waals surface area contributed by atoms with Crippen LogP contribution in [0.2, 0.25) is 0 Å². The normalized spacial score (nSPS) is 10.3. The van der Waals surface area contributed by atoms with Crippen molar-refractivity contribution in [2.24, 2.45) is 0 Å². The molecule has 0 fully saturated rings. The molecule has 0 unspecified atom stereocenters. The van der Waals surface area contributed by atoms with E-state index in [0.29, 0.717) is 5.69 Å². The summed E-state index contributed by atoms with van der Waals surface area (Å²) in [6.45, 7) is 0. The first kappa shape index (κ1) is 12.8. The summed E-state index contributed by atoms with van der Waals surface area (Å²) in [5.74, 6) is -0.435. The molecule has 104 valence electrons. The predicted octanol–water partition coefficient (Wildman–Crippen LogP) is 1.41. The summed E-state index contributed by atoms with van der Waals surface area (Å²) in [4.78, 5) is 29.2. The molecule has 0 aliphatic heterocycles. The molecule has 0 radical (unpaired) electrons. The standard InChI is InChI=1S/C14H11N5O2/c20-13-7-12(15-8-16-13)14(21)18-10-3-1-9(2-4-10)11-5-6-17-19-11/h1-8H,(H,17,19)(H,18,21)(H,15,16,20). The van der Waals surface area contributed by atoms with Crippen molar-refractivity contribution in [1.82, 2.24) is 20.2 Å². The Morgan fingerprint density at radius 3 is 2.62 bits per heavy atom. The van der Waals surface area contributed by atoms with Crippen molar-refractivity contribution in [1.29, 1.82) is 0 Å². The highest BCUT2D eigenvalue weighted by Gasteiger charge is 2.08. The van der Waals surface area contributed by atoms with Gasteiger partial charge in [-0.25, -0.2) is 4.98 Å². The number of nitrogens with one attached hydrogen (secondary N) is 3. The summed E-state index contributed by atoms with van der Waals surface area (Å²) in [5, 5.41) is 9.42. The van der Waals surface area contributed by atoms with Gasteiger partial charge >= 0.3 is 0 Å². The van der Waals surface area contributed by atoms with E-state index in [1.54, 1.807) is 18.3 Å². The van der Waals surface area contributed by atoms with Crippen LogP contribution in [0.3, 0.4) is 0 Å². The van der Waals surface area contributed by atoms with Crippen LogP contribution in [0.15, 0.2) is 53.7 Å². The van der Waals surface area contributed by atoms with Crippen LogP contribution in [0.1, 0.15) is 10.5 Å². The van der Waals surface area contributed by atoms with Crippen molar-refractivity contribution in [2.45, 2.75) is 0 Å². The van der Waals surface area contributed by atoms with Gasteiger partial charge in [-0.1, -0.05) is 12.1 Å². The summed E-state index contributed by atoms with van der Waals surface area (Å²) in [7, 11) is 0. The summed E-state index contributed by atoms with van der Waals surface area (Å²) < 4.78 is 0. The Kier molecular flexibility index (Phi) is 3.30. The van der Waals surface area contributed by atoms with E-state index in [4.69, 9.17) is 0 Å². The third kappa shape index (κ3) is 2.86. The maximum atomic E-state index is 11.9. The van der Waals surface area contributed by atoms with E-state index in [2.05, 4.69) is 25.5 Å². The molecule has 21 heavy (non-hydrogen) atoms. The van der Waals surface area contributed by atoms with Crippen molar-refractivity contribution >= 4 is 11.6 Å². The summed E-state index contributed by atoms with van der Waals surface area (Å²) >= 11 is 0. The Balaban J connectivity index is 1.76. The summed E-state index contributed by atoms with van der Waals surface area (Å²) in [6.07, 6.45) is 2.86. The van der Waals surface area contributed by atoms with E-state index in [-0.39, 0.29) is 11.3 Å². The second kappa shape index (κ2) is 5.41. The average molecular weight is 281 g/mol. The number of rotatable bonds is 3. The minimum absolute atomic E-state index is 0.0661. The van der Waals surface area contributed by atoms with Crippen LogP contribution in [0, 0.1) is 0 Å². The highest BCUT2D eigenvalue weighted by Crippen LogP contribution is 2.19. The Labute approximate surface area is 119 Å². The average Bonchev–Trinajstić information content (AvgIpc) is 3.02. The number of aromatic amines is 2. The van der Waals surface area contributed by atoms with Gasteiger partial charge in [0.05, 0.1) is 12.0 Å². The van der Waals surface area contributed by atoms with Gasteiger partial charge in [0.15, 0.2) is 0 Å². The Hall–Kier alpha value is -3.22. The zero-order chi connectivity index (χ0) is 14.7. The van der Waals surface area contributed by atoms with Gasteiger partial charge in [-0.2, -0.15) is 5.10 Å². The molecule has 0 atom stereocenters. The number of carbonyl (C=O) groups is 1. The second-order valence-corrected chi connectivity index (χ2v) is 4.30. The van der Waals surface area contributed by atoms with Crippen LogP contribution in [0.25, 0.3) is 11.3 Å². The summed E-state index contributed by atoms with van der Waals surface area (Å²) in [6, 6.07) is 10.2. The van der Waals surface area contributed by atoms with E-state index in [1.165, 1.54) is 6.33 Å². The molecule has 1 aromatic carbocycles. The lowest BCUT2D eigenvalue weighted by atomic mass is 10.1. The van der Waals surface area contributed by atoms with Crippen LogP contribution < -0.4 is 10.9 Å². The van der Waals surface area contributed by atoms with E-state index in [9.17, 15) is 9.59 Å². The number of nitrogens with zero attached hydrogens (tertiary/aromatic N) is 2. The van der Waals surface area contributed by atoms with Crippen LogP contribution in [-0.2, 0) is 0 Å². The minimum atomic E-state index is -0.435. The van der Waals surface area contributed by atoms with Crippen molar-refractivity contribution in [3.05, 3.63) is 65.0 Å². The van der Waals surface area contributed by atoms with Crippen molar-refractivity contribution in [2.75, 3.05) is 5.32 Å². The van der Waals surface area contributed by atoms with E-state index < -0.39 is 5.91 Å². The summed E-state index contributed by atoms with van der Waals surface area (Å²) in [5.41, 5.74) is 2.16. The van der Waals surface area contributed by atoms with Gasteiger partial charge in [0, 0.05) is 18.0 Å². The fraction of sp³-hybridized carbons (Fsp3) is 0. The monoisotopic (exact) mass is 281 g/mol. The first-order chi connectivity index (χ1) is 10.2. The largest absolute Gasteiger partial charge is 0.321 e. The number of benzene rings is 1. The lowest BCUT2D eigenvalue weighted by Crippen LogP contribution is -2.17. The first-order valence-electron chi connectivity index (χ1n) is 6.18. The number of aromatic nitrogens is 4. The number of amides is 1. The third-order valence-electron chi connectivity index (χ3n) is 2.87. The zero-order valence-corrected chi connectivity index (χ0v) is 10.8. The Morgan fingerprint density at radius 2 is 1.95 bits per heavy atom. The SMILES string of the molecule is O=C(Nc1ccc(-c2ccn[nH]2)cc1)c1cc(=O)[nH]cn1. The second-order valence-electron chi connectivity index (χ2n) is 4.30. The number of carbonyl (C=O) groups excluding carboxylic acids is 1. The lowest BCUT2D eigenvalue weighted by Gasteiger charge is -2.05. The lowest BCUT2D eigenvalue weighted by molar-refractivity contribution is 0.102. The topological polar surface area (TPSA) is 104 Å². The van der Waals surface area contributed by atoms with Gasteiger partial charge in [0.2, 0.25) is 0 Å². The molecule has 0 aliphatic rings. The quantitative estimate of drug-likeness (QED) is 0.675. The molecule has 3 aromatic rings. The molecule has 7 heteroatoms. The maximum absolute atomic E-state index is 11.9. The number of H-pyrrole nitrogens is 2. The molecular weight excluding hydrogens is 270 g/mol.